The molecule has 20 heavy (non-hydrogen) atoms. The van der Waals surface area contributed by atoms with Gasteiger partial charge in [-0.2, -0.15) is 0 Å². The van der Waals surface area contributed by atoms with E-state index in [2.05, 4.69) is 4.90 Å². The molecule has 5 nitrogen and oxygen atoms in total. The fourth-order valence-electron chi connectivity index (χ4n) is 2.40. The van der Waals surface area contributed by atoms with Crippen LogP contribution in [-0.2, 0) is 4.79 Å². The molecule has 1 saturated heterocycles. The van der Waals surface area contributed by atoms with Gasteiger partial charge in [-0.3, -0.25) is 4.79 Å². The van der Waals surface area contributed by atoms with Crippen LogP contribution in [0.3, 0.4) is 0 Å². The molecule has 1 amide bonds. The van der Waals surface area contributed by atoms with Gasteiger partial charge >= 0.3 is 0 Å². The number of phenols is 1. The van der Waals surface area contributed by atoms with Gasteiger partial charge in [0.15, 0.2) is 0 Å². The molecule has 0 saturated carbocycles. The van der Waals surface area contributed by atoms with E-state index in [9.17, 15) is 9.90 Å². The lowest BCUT2D eigenvalue weighted by atomic mass is 10.0. The van der Waals surface area contributed by atoms with Gasteiger partial charge in [0.05, 0.1) is 11.7 Å². The van der Waals surface area contributed by atoms with Crippen LogP contribution in [0, 0.1) is 5.92 Å². The monoisotopic (exact) mass is 277 g/mol. The number of hydrogen-bond donors (Lipinski definition) is 2. The van der Waals surface area contributed by atoms with E-state index in [1.807, 2.05) is 30.9 Å². The smallest absolute Gasteiger partial charge is 0.239 e. The van der Waals surface area contributed by atoms with E-state index in [1.165, 1.54) is 0 Å². The standard InChI is InChI=1S/C15H23N3O2/c1-11(2)14(16)15(20)18-9-7-17(8-10-18)12-5-3-4-6-13(12)19/h3-6,11,14,19H,7-10,16H2,1-2H3/t14-/m1/s1. The molecule has 0 bridgehead atoms. The Kier molecular flexibility index (Phi) is 4.49. The van der Waals surface area contributed by atoms with Crippen LogP contribution in [0.5, 0.6) is 5.75 Å². The molecule has 0 aromatic heterocycles. The third-order valence-corrected chi connectivity index (χ3v) is 3.82. The van der Waals surface area contributed by atoms with E-state index >= 15 is 0 Å². The van der Waals surface area contributed by atoms with Crippen molar-refractivity contribution in [3.8, 4) is 5.75 Å². The highest BCUT2D eigenvalue weighted by atomic mass is 16.3. The molecule has 1 heterocycles. The number of aromatic hydroxyl groups is 1. The molecule has 0 spiro atoms. The molecule has 110 valence electrons. The summed E-state index contributed by atoms with van der Waals surface area (Å²) in [5.74, 6) is 0.460. The van der Waals surface area contributed by atoms with Gasteiger partial charge in [-0.15, -0.1) is 0 Å². The maximum absolute atomic E-state index is 12.2. The van der Waals surface area contributed by atoms with Gasteiger partial charge in [0.25, 0.3) is 0 Å². The lowest BCUT2D eigenvalue weighted by molar-refractivity contribution is -0.133. The van der Waals surface area contributed by atoms with Crippen molar-refractivity contribution in [1.29, 1.82) is 0 Å². The molecule has 2 rings (SSSR count). The van der Waals surface area contributed by atoms with Crippen LogP contribution in [0.25, 0.3) is 0 Å². The van der Waals surface area contributed by atoms with Gasteiger partial charge in [-0.25, -0.2) is 0 Å². The second kappa shape index (κ2) is 6.13. The molecule has 0 radical (unpaired) electrons. The summed E-state index contributed by atoms with van der Waals surface area (Å²) in [6.07, 6.45) is 0. The first-order valence-corrected chi connectivity index (χ1v) is 7.08. The first-order valence-electron chi connectivity index (χ1n) is 7.08. The van der Waals surface area contributed by atoms with Crippen LogP contribution in [0.15, 0.2) is 24.3 Å². The third-order valence-electron chi connectivity index (χ3n) is 3.82. The van der Waals surface area contributed by atoms with Crippen LogP contribution < -0.4 is 10.6 Å². The highest BCUT2D eigenvalue weighted by Crippen LogP contribution is 2.27. The lowest BCUT2D eigenvalue weighted by Gasteiger charge is -2.37. The minimum absolute atomic E-state index is 0.0249. The molecule has 1 aromatic carbocycles. The highest BCUT2D eigenvalue weighted by molar-refractivity contribution is 5.82. The van der Waals surface area contributed by atoms with Gasteiger partial charge < -0.3 is 20.6 Å². The summed E-state index contributed by atoms with van der Waals surface area (Å²) in [4.78, 5) is 16.1. The predicted molar refractivity (Wildman–Crippen MR) is 79.7 cm³/mol. The summed E-state index contributed by atoms with van der Waals surface area (Å²) in [5.41, 5.74) is 6.74. The normalized spacial score (nSPS) is 17.4. The van der Waals surface area contributed by atoms with E-state index < -0.39 is 6.04 Å². The molecular weight excluding hydrogens is 254 g/mol. The summed E-state index contributed by atoms with van der Waals surface area (Å²) in [6, 6.07) is 6.86. The van der Waals surface area contributed by atoms with Crippen molar-refractivity contribution in [1.82, 2.24) is 4.90 Å². The molecule has 1 aromatic rings. The van der Waals surface area contributed by atoms with Crippen molar-refractivity contribution in [2.45, 2.75) is 19.9 Å². The zero-order valence-corrected chi connectivity index (χ0v) is 12.1. The predicted octanol–water partition coefficient (Wildman–Crippen LogP) is 1.02. The van der Waals surface area contributed by atoms with Gasteiger partial charge in [0.2, 0.25) is 5.91 Å². The molecule has 1 fully saturated rings. The number of para-hydroxylation sites is 2. The molecular formula is C15H23N3O2. The Balaban J connectivity index is 1.96. The maximum Gasteiger partial charge on any atom is 0.239 e. The Hall–Kier alpha value is -1.75. The van der Waals surface area contributed by atoms with Crippen LogP contribution in [0.4, 0.5) is 5.69 Å². The first kappa shape index (κ1) is 14.7. The number of amides is 1. The number of nitrogens with two attached hydrogens (primary N) is 1. The Labute approximate surface area is 120 Å². The maximum atomic E-state index is 12.2. The molecule has 5 heteroatoms. The molecule has 1 aliphatic rings. The molecule has 0 aliphatic carbocycles. The number of hydrogen-bond acceptors (Lipinski definition) is 4. The largest absolute Gasteiger partial charge is 0.506 e. The number of piperazine rings is 1. The average molecular weight is 277 g/mol. The minimum Gasteiger partial charge on any atom is -0.506 e. The third kappa shape index (κ3) is 3.04. The quantitative estimate of drug-likeness (QED) is 0.865. The fourth-order valence-corrected chi connectivity index (χ4v) is 2.40. The van der Waals surface area contributed by atoms with E-state index in [0.717, 1.165) is 5.69 Å². The zero-order chi connectivity index (χ0) is 14.7. The summed E-state index contributed by atoms with van der Waals surface area (Å²) in [5, 5.41) is 9.86. The van der Waals surface area contributed by atoms with Gasteiger partial charge in [-0.1, -0.05) is 26.0 Å². The number of rotatable bonds is 3. The number of benzene rings is 1. The van der Waals surface area contributed by atoms with Crippen LogP contribution in [0.1, 0.15) is 13.8 Å². The number of carbonyl (C=O) groups is 1. The minimum atomic E-state index is -0.424. The van der Waals surface area contributed by atoms with Crippen LogP contribution in [0.2, 0.25) is 0 Å². The van der Waals surface area contributed by atoms with Crippen molar-refractivity contribution in [3.63, 3.8) is 0 Å². The van der Waals surface area contributed by atoms with E-state index in [1.54, 1.807) is 12.1 Å². The second-order valence-electron chi connectivity index (χ2n) is 5.57. The Morgan fingerprint density at radius 3 is 2.35 bits per heavy atom. The van der Waals surface area contributed by atoms with E-state index in [-0.39, 0.29) is 17.6 Å². The molecule has 1 aliphatic heterocycles. The SMILES string of the molecule is CC(C)[C@@H](N)C(=O)N1CCN(c2ccccc2O)CC1. The van der Waals surface area contributed by atoms with Crippen molar-refractivity contribution >= 4 is 11.6 Å². The Morgan fingerprint density at radius 1 is 1.20 bits per heavy atom. The topological polar surface area (TPSA) is 69.8 Å². The number of carbonyl (C=O) groups excluding carboxylic acids is 1. The average Bonchev–Trinajstić information content (AvgIpc) is 2.46. The molecule has 0 unspecified atom stereocenters. The number of anilines is 1. The van der Waals surface area contributed by atoms with Crippen molar-refractivity contribution in [2.75, 3.05) is 31.1 Å². The number of nitrogens with zero attached hydrogens (tertiary/aromatic N) is 2. The second-order valence-corrected chi connectivity index (χ2v) is 5.57. The Bertz CT molecular complexity index is 468. The lowest BCUT2D eigenvalue weighted by Crippen LogP contribution is -2.54. The van der Waals surface area contributed by atoms with Crippen molar-refractivity contribution in [3.05, 3.63) is 24.3 Å². The summed E-state index contributed by atoms with van der Waals surface area (Å²) >= 11 is 0. The van der Waals surface area contributed by atoms with Gasteiger partial charge in [0.1, 0.15) is 5.75 Å². The van der Waals surface area contributed by atoms with Gasteiger partial charge in [0, 0.05) is 26.2 Å². The molecule has 3 N–H and O–H groups in total. The zero-order valence-electron chi connectivity index (χ0n) is 12.1. The van der Waals surface area contributed by atoms with E-state index in [0.29, 0.717) is 26.2 Å². The summed E-state index contributed by atoms with van der Waals surface area (Å²) in [6.45, 7) is 6.64. The van der Waals surface area contributed by atoms with Crippen LogP contribution in [-0.4, -0.2) is 48.1 Å². The fraction of sp³-hybridized carbons (Fsp3) is 0.533. The van der Waals surface area contributed by atoms with Crippen molar-refractivity contribution < 1.29 is 9.90 Å². The molecule has 1 atom stereocenters. The van der Waals surface area contributed by atoms with E-state index in [4.69, 9.17) is 5.73 Å². The summed E-state index contributed by atoms with van der Waals surface area (Å²) in [7, 11) is 0. The summed E-state index contributed by atoms with van der Waals surface area (Å²) < 4.78 is 0. The van der Waals surface area contributed by atoms with Crippen molar-refractivity contribution in [2.24, 2.45) is 11.7 Å². The Morgan fingerprint density at radius 2 is 1.80 bits per heavy atom. The van der Waals surface area contributed by atoms with Gasteiger partial charge in [-0.05, 0) is 18.1 Å². The first-order chi connectivity index (χ1) is 9.50. The number of phenolic OH excluding ortho intramolecular Hbond substituents is 1. The van der Waals surface area contributed by atoms with Crippen LogP contribution >= 0.6 is 0 Å². The highest BCUT2D eigenvalue weighted by Gasteiger charge is 2.27.